The van der Waals surface area contributed by atoms with Gasteiger partial charge in [-0.2, -0.15) is 0 Å². The molecule has 0 atom stereocenters. The number of rotatable bonds is 7. The van der Waals surface area contributed by atoms with Crippen molar-refractivity contribution in [1.82, 2.24) is 15.5 Å². The molecule has 0 unspecified atom stereocenters. The Morgan fingerprint density at radius 1 is 1.03 bits per heavy atom. The highest BCUT2D eigenvalue weighted by Gasteiger charge is 2.51. The lowest BCUT2D eigenvalue weighted by Crippen LogP contribution is -2.61. The first kappa shape index (κ1) is 22.6. The Morgan fingerprint density at radius 2 is 1.66 bits per heavy atom. The Bertz CT molecular complexity index is 862. The highest BCUT2D eigenvalue weighted by Crippen LogP contribution is 2.55. The van der Waals surface area contributed by atoms with Crippen LogP contribution in [0.3, 0.4) is 0 Å². The molecule has 4 bridgehead atoms. The number of aryl methyl sites for hydroxylation is 1. The number of hydrogen-bond donors (Lipinski definition) is 3. The summed E-state index contributed by atoms with van der Waals surface area (Å²) >= 11 is 0. The fraction of sp³-hybridized carbons (Fsp3) is 0.640. The van der Waals surface area contributed by atoms with Crippen LogP contribution in [0.15, 0.2) is 18.2 Å². The molecule has 32 heavy (non-hydrogen) atoms. The molecule has 4 fully saturated rings. The molecule has 1 aromatic rings. The Balaban J connectivity index is 1.18. The highest BCUT2D eigenvalue weighted by molar-refractivity contribution is 5.95. The first-order chi connectivity index (χ1) is 15.2. The van der Waals surface area contributed by atoms with Gasteiger partial charge in [-0.15, -0.1) is 0 Å². The number of nitrogens with zero attached hydrogens (tertiary/aromatic N) is 1. The predicted molar refractivity (Wildman–Crippen MR) is 124 cm³/mol. The van der Waals surface area contributed by atoms with Crippen molar-refractivity contribution < 1.29 is 14.4 Å². The minimum Gasteiger partial charge on any atom is -0.338 e. The minimum absolute atomic E-state index is 0.0221. The maximum Gasteiger partial charge on any atom is 0.315 e. The number of nitrogens with one attached hydrogen (secondary N) is 3. The molecule has 7 heteroatoms. The van der Waals surface area contributed by atoms with Crippen molar-refractivity contribution in [3.63, 3.8) is 0 Å². The van der Waals surface area contributed by atoms with E-state index in [-0.39, 0.29) is 42.9 Å². The van der Waals surface area contributed by atoms with E-state index in [1.165, 1.54) is 24.2 Å². The summed E-state index contributed by atoms with van der Waals surface area (Å²) in [6.07, 6.45) is 7.47. The summed E-state index contributed by atoms with van der Waals surface area (Å²) < 4.78 is 0. The molecule has 4 aliphatic carbocycles. The van der Waals surface area contributed by atoms with Gasteiger partial charge in [0.25, 0.3) is 0 Å². The number of benzene rings is 1. The van der Waals surface area contributed by atoms with Gasteiger partial charge < -0.3 is 20.9 Å². The maximum absolute atomic E-state index is 12.5. The third-order valence-electron chi connectivity index (χ3n) is 7.73. The van der Waals surface area contributed by atoms with E-state index in [0.29, 0.717) is 0 Å². The van der Waals surface area contributed by atoms with Gasteiger partial charge in [-0.05, 0) is 87.3 Å². The van der Waals surface area contributed by atoms with Gasteiger partial charge in [-0.25, -0.2) is 4.79 Å². The van der Waals surface area contributed by atoms with E-state index < -0.39 is 0 Å². The third-order valence-corrected chi connectivity index (χ3v) is 7.73. The zero-order valence-electron chi connectivity index (χ0n) is 19.5. The summed E-state index contributed by atoms with van der Waals surface area (Å²) in [6.45, 7) is 4.19. The van der Waals surface area contributed by atoms with Gasteiger partial charge in [0.1, 0.15) is 0 Å². The van der Waals surface area contributed by atoms with Crippen LogP contribution >= 0.6 is 0 Å². The summed E-state index contributed by atoms with van der Waals surface area (Å²) in [4.78, 5) is 38.7. The molecule has 1 aromatic carbocycles. The minimum atomic E-state index is -0.234. The number of anilines is 1. The van der Waals surface area contributed by atoms with Crippen molar-refractivity contribution in [2.75, 3.05) is 25.5 Å². The van der Waals surface area contributed by atoms with Crippen LogP contribution in [0.25, 0.3) is 0 Å². The normalized spacial score (nSPS) is 27.7. The van der Waals surface area contributed by atoms with E-state index in [9.17, 15) is 14.4 Å². The average Bonchev–Trinajstić information content (AvgIpc) is 2.69. The Hall–Kier alpha value is -2.57. The molecular formula is C25H36N4O3. The molecule has 3 N–H and O–H groups in total. The number of carbonyl (C=O) groups excluding carboxylic acids is 3. The van der Waals surface area contributed by atoms with E-state index in [1.54, 1.807) is 7.05 Å². The molecule has 0 aliphatic heterocycles. The zero-order valence-corrected chi connectivity index (χ0v) is 19.5. The lowest BCUT2D eigenvalue weighted by molar-refractivity contribution is -0.133. The van der Waals surface area contributed by atoms with Crippen LogP contribution in [-0.2, 0) is 9.59 Å². The molecule has 4 amide bonds. The van der Waals surface area contributed by atoms with Crippen LogP contribution in [0.2, 0.25) is 0 Å². The topological polar surface area (TPSA) is 90.5 Å². The molecular weight excluding hydrogens is 404 g/mol. The second kappa shape index (κ2) is 9.12. The lowest BCUT2D eigenvalue weighted by atomic mass is 9.53. The van der Waals surface area contributed by atoms with Gasteiger partial charge >= 0.3 is 6.03 Å². The summed E-state index contributed by atoms with van der Waals surface area (Å²) in [7, 11) is 1.61. The molecule has 0 radical (unpaired) electrons. The molecule has 0 heterocycles. The molecule has 5 rings (SSSR count). The summed E-state index contributed by atoms with van der Waals surface area (Å²) in [5, 5.41) is 8.98. The van der Waals surface area contributed by atoms with Gasteiger partial charge in [0.05, 0.1) is 6.54 Å². The summed E-state index contributed by atoms with van der Waals surface area (Å²) in [5.74, 6) is 1.91. The van der Waals surface area contributed by atoms with Crippen molar-refractivity contribution in [3.05, 3.63) is 29.3 Å². The summed E-state index contributed by atoms with van der Waals surface area (Å²) in [5.41, 5.74) is 2.85. The smallest absolute Gasteiger partial charge is 0.315 e. The molecule has 0 saturated heterocycles. The average molecular weight is 441 g/mol. The molecule has 174 valence electrons. The van der Waals surface area contributed by atoms with Crippen molar-refractivity contribution in [2.45, 2.75) is 64.3 Å². The van der Waals surface area contributed by atoms with Crippen LogP contribution in [0.1, 0.15) is 56.1 Å². The first-order valence-corrected chi connectivity index (χ1v) is 11.9. The molecule has 0 spiro atoms. The van der Waals surface area contributed by atoms with Crippen molar-refractivity contribution in [1.29, 1.82) is 0 Å². The van der Waals surface area contributed by atoms with E-state index in [4.69, 9.17) is 0 Å². The largest absolute Gasteiger partial charge is 0.338 e. The zero-order chi connectivity index (χ0) is 22.9. The Labute approximate surface area is 190 Å². The van der Waals surface area contributed by atoms with E-state index in [0.717, 1.165) is 53.8 Å². The fourth-order valence-corrected chi connectivity index (χ4v) is 6.40. The van der Waals surface area contributed by atoms with Gasteiger partial charge in [0, 0.05) is 31.2 Å². The standard InChI is InChI=1S/C25H36N4O3/c1-16-5-4-6-21(17(16)2)27-22(30)15-29(3)23(31)7-8-26-24(32)28-25-12-18-9-19(13-25)11-20(10-18)14-25/h4-6,18-20H,7-15H2,1-3H3,(H,27,30)(H2,26,28,32). The lowest BCUT2D eigenvalue weighted by Gasteiger charge is -2.56. The third kappa shape index (κ3) is 5.08. The number of amides is 4. The van der Waals surface area contributed by atoms with E-state index in [1.807, 2.05) is 32.0 Å². The maximum atomic E-state index is 12.5. The van der Waals surface area contributed by atoms with Gasteiger partial charge in [0.2, 0.25) is 11.8 Å². The number of carbonyl (C=O) groups is 3. The van der Waals surface area contributed by atoms with Gasteiger partial charge in [0.15, 0.2) is 0 Å². The predicted octanol–water partition coefficient (Wildman–Crippen LogP) is 3.36. The Morgan fingerprint density at radius 3 is 2.28 bits per heavy atom. The van der Waals surface area contributed by atoms with Crippen molar-refractivity contribution in [2.24, 2.45) is 17.8 Å². The molecule has 4 aliphatic rings. The highest BCUT2D eigenvalue weighted by atomic mass is 16.2. The van der Waals surface area contributed by atoms with Crippen LogP contribution in [0.5, 0.6) is 0 Å². The number of likely N-dealkylation sites (N-methyl/N-ethyl adjacent to an activating group) is 1. The quantitative estimate of drug-likeness (QED) is 0.607. The molecule has 0 aromatic heterocycles. The van der Waals surface area contributed by atoms with Crippen molar-refractivity contribution in [3.8, 4) is 0 Å². The van der Waals surface area contributed by atoms with Gasteiger partial charge in [-0.3, -0.25) is 9.59 Å². The Kier molecular flexibility index (Phi) is 6.45. The van der Waals surface area contributed by atoms with E-state index >= 15 is 0 Å². The van der Waals surface area contributed by atoms with Crippen LogP contribution < -0.4 is 16.0 Å². The fourth-order valence-electron chi connectivity index (χ4n) is 6.40. The van der Waals surface area contributed by atoms with Crippen LogP contribution in [-0.4, -0.2) is 48.4 Å². The van der Waals surface area contributed by atoms with E-state index in [2.05, 4.69) is 16.0 Å². The molecule has 4 saturated carbocycles. The SMILES string of the molecule is Cc1cccc(NC(=O)CN(C)C(=O)CCNC(=O)NC23CC4CC(CC(C4)C2)C3)c1C. The van der Waals surface area contributed by atoms with Crippen LogP contribution in [0, 0.1) is 31.6 Å². The number of hydrogen-bond acceptors (Lipinski definition) is 3. The van der Waals surface area contributed by atoms with Crippen LogP contribution in [0.4, 0.5) is 10.5 Å². The van der Waals surface area contributed by atoms with Crippen molar-refractivity contribution >= 4 is 23.5 Å². The van der Waals surface area contributed by atoms with Gasteiger partial charge in [-0.1, -0.05) is 12.1 Å². The second-order valence-electron chi connectivity index (χ2n) is 10.4. The monoisotopic (exact) mass is 440 g/mol. The molecule has 7 nitrogen and oxygen atoms in total. The summed E-state index contributed by atoms with van der Waals surface area (Å²) in [6, 6.07) is 5.57. The number of urea groups is 1. The first-order valence-electron chi connectivity index (χ1n) is 11.9. The second-order valence-corrected chi connectivity index (χ2v) is 10.4.